The fourth-order valence-electron chi connectivity index (χ4n) is 1.95. The Morgan fingerprint density at radius 3 is 2.81 bits per heavy atom. The minimum Gasteiger partial charge on any atom is -0.326 e. The summed E-state index contributed by atoms with van der Waals surface area (Å²) in [6, 6.07) is 6.72. The van der Waals surface area contributed by atoms with Crippen molar-refractivity contribution in [1.29, 1.82) is 0 Å². The van der Waals surface area contributed by atoms with Crippen LogP contribution in [-0.4, -0.2) is 24.9 Å². The number of nitrogens with zero attached hydrogens (tertiary/aromatic N) is 1. The number of hydrogen-bond donors (Lipinski definition) is 1. The second-order valence-electron chi connectivity index (χ2n) is 3.84. The third-order valence-electron chi connectivity index (χ3n) is 2.63. The third kappa shape index (κ3) is 1.90. The second kappa shape index (κ2) is 4.17. The van der Waals surface area contributed by atoms with E-state index in [1.165, 1.54) is 0 Å². The number of anilines is 1. The first-order valence-electron chi connectivity index (χ1n) is 5.02. The van der Waals surface area contributed by atoms with Crippen molar-refractivity contribution < 1.29 is 13.6 Å². The lowest BCUT2D eigenvalue weighted by Gasteiger charge is -2.32. The van der Waals surface area contributed by atoms with Crippen LogP contribution in [-0.2, 0) is 11.2 Å². The van der Waals surface area contributed by atoms with E-state index in [0.29, 0.717) is 12.1 Å². The van der Waals surface area contributed by atoms with Gasteiger partial charge in [-0.2, -0.15) is 8.78 Å². The Morgan fingerprint density at radius 2 is 2.12 bits per heavy atom. The number of halogens is 2. The summed E-state index contributed by atoms with van der Waals surface area (Å²) in [6.45, 7) is 0.153. The highest BCUT2D eigenvalue weighted by Crippen LogP contribution is 2.27. The van der Waals surface area contributed by atoms with Gasteiger partial charge in [-0.15, -0.1) is 0 Å². The Kier molecular flexibility index (Phi) is 2.87. The van der Waals surface area contributed by atoms with E-state index in [9.17, 15) is 13.6 Å². The van der Waals surface area contributed by atoms with Gasteiger partial charge in [0.2, 0.25) is 0 Å². The van der Waals surface area contributed by atoms with Gasteiger partial charge in [0.15, 0.2) is 0 Å². The highest BCUT2D eigenvalue weighted by Gasteiger charge is 2.30. The Hall–Kier alpha value is -1.49. The van der Waals surface area contributed by atoms with Gasteiger partial charge in [-0.3, -0.25) is 4.79 Å². The molecular weight excluding hydrogens is 214 g/mol. The molecule has 1 heterocycles. The molecule has 0 saturated heterocycles. The Balaban J connectivity index is 2.37. The van der Waals surface area contributed by atoms with Crippen LogP contribution in [0, 0.1) is 0 Å². The molecule has 2 N–H and O–H groups in total. The molecule has 0 fully saturated rings. The number of para-hydroxylation sites is 1. The first-order chi connectivity index (χ1) is 7.59. The van der Waals surface area contributed by atoms with E-state index in [4.69, 9.17) is 5.73 Å². The van der Waals surface area contributed by atoms with Gasteiger partial charge < -0.3 is 10.6 Å². The molecule has 3 nitrogen and oxygen atoms in total. The van der Waals surface area contributed by atoms with E-state index in [1.807, 2.05) is 6.07 Å². The molecule has 0 radical (unpaired) electrons. The van der Waals surface area contributed by atoms with Gasteiger partial charge in [0.05, 0.1) is 0 Å². The molecule has 0 bridgehead atoms. The van der Waals surface area contributed by atoms with Gasteiger partial charge in [-0.1, -0.05) is 18.2 Å². The summed E-state index contributed by atoms with van der Waals surface area (Å²) in [5.74, 6) is -1.18. The minimum absolute atomic E-state index is 0.153. The van der Waals surface area contributed by atoms with Crippen molar-refractivity contribution in [3.05, 3.63) is 29.8 Å². The number of carbonyl (C=O) groups excluding carboxylic acids is 1. The van der Waals surface area contributed by atoms with Crippen molar-refractivity contribution in [2.24, 2.45) is 5.73 Å². The number of benzene rings is 1. The number of hydrogen-bond acceptors (Lipinski definition) is 2. The number of amides is 1. The zero-order chi connectivity index (χ0) is 11.7. The maximum atomic E-state index is 12.4. The predicted molar refractivity (Wildman–Crippen MR) is 56.5 cm³/mol. The fraction of sp³-hybridized carbons (Fsp3) is 0.364. The zero-order valence-corrected chi connectivity index (χ0v) is 8.57. The van der Waals surface area contributed by atoms with Crippen LogP contribution in [0.5, 0.6) is 0 Å². The van der Waals surface area contributed by atoms with Crippen LogP contribution in [0.1, 0.15) is 5.56 Å². The summed E-state index contributed by atoms with van der Waals surface area (Å²) >= 11 is 0. The largest absolute Gasteiger partial charge is 0.326 e. The Labute approximate surface area is 91.8 Å². The minimum atomic E-state index is -2.99. The molecular formula is C11H12F2N2O. The third-order valence-corrected chi connectivity index (χ3v) is 2.63. The molecule has 1 unspecified atom stereocenters. The number of alkyl halides is 2. The van der Waals surface area contributed by atoms with Crippen LogP contribution in [0.25, 0.3) is 0 Å². The van der Waals surface area contributed by atoms with Gasteiger partial charge in [0.25, 0.3) is 5.91 Å². The van der Waals surface area contributed by atoms with Gasteiger partial charge >= 0.3 is 6.43 Å². The Morgan fingerprint density at radius 1 is 1.44 bits per heavy atom. The number of fused-ring (bicyclic) bond motifs is 1. The molecule has 1 aromatic carbocycles. The van der Waals surface area contributed by atoms with Crippen molar-refractivity contribution in [2.75, 3.05) is 11.4 Å². The van der Waals surface area contributed by atoms with Crippen molar-refractivity contribution in [1.82, 2.24) is 0 Å². The summed E-state index contributed by atoms with van der Waals surface area (Å²) in [5.41, 5.74) is 7.13. The highest BCUT2D eigenvalue weighted by molar-refractivity contribution is 5.96. The molecule has 1 amide bonds. The van der Waals surface area contributed by atoms with Gasteiger partial charge in [-0.05, 0) is 18.1 Å². The van der Waals surface area contributed by atoms with Crippen molar-refractivity contribution in [2.45, 2.75) is 18.9 Å². The van der Waals surface area contributed by atoms with Crippen LogP contribution in [0.3, 0.4) is 0 Å². The normalized spacial score (nSPS) is 19.8. The molecule has 16 heavy (non-hydrogen) atoms. The predicted octanol–water partition coefficient (Wildman–Crippen LogP) is 1.17. The van der Waals surface area contributed by atoms with Crippen LogP contribution in [0.15, 0.2) is 24.3 Å². The number of nitrogens with two attached hydrogens (primary N) is 1. The average Bonchev–Trinajstić information content (AvgIpc) is 2.26. The zero-order valence-electron chi connectivity index (χ0n) is 8.57. The van der Waals surface area contributed by atoms with Crippen molar-refractivity contribution in [3.8, 4) is 0 Å². The molecule has 1 aromatic rings. The quantitative estimate of drug-likeness (QED) is 0.781. The van der Waals surface area contributed by atoms with Gasteiger partial charge in [0, 0.05) is 18.3 Å². The monoisotopic (exact) mass is 226 g/mol. The molecule has 1 aliphatic rings. The summed E-state index contributed by atoms with van der Waals surface area (Å²) in [7, 11) is 0. The van der Waals surface area contributed by atoms with E-state index in [2.05, 4.69) is 0 Å². The first kappa shape index (κ1) is 11.0. The van der Waals surface area contributed by atoms with Crippen LogP contribution < -0.4 is 10.6 Å². The molecule has 0 saturated carbocycles. The molecule has 86 valence electrons. The summed E-state index contributed by atoms with van der Waals surface area (Å²) in [5, 5.41) is 0. The Bertz CT molecular complexity index is 409. The maximum absolute atomic E-state index is 12.4. The van der Waals surface area contributed by atoms with E-state index < -0.39 is 12.3 Å². The van der Waals surface area contributed by atoms with E-state index in [0.717, 1.165) is 10.5 Å². The van der Waals surface area contributed by atoms with Gasteiger partial charge in [-0.25, -0.2) is 0 Å². The first-order valence-corrected chi connectivity index (χ1v) is 5.02. The molecule has 1 aliphatic heterocycles. The summed E-state index contributed by atoms with van der Waals surface area (Å²) in [6.07, 6.45) is -2.37. The smallest absolute Gasteiger partial charge is 0.316 e. The highest BCUT2D eigenvalue weighted by atomic mass is 19.3. The SMILES string of the molecule is NC1Cc2ccccc2N(C(=O)C(F)F)C1. The summed E-state index contributed by atoms with van der Waals surface area (Å²) < 4.78 is 24.8. The molecule has 2 rings (SSSR count). The van der Waals surface area contributed by atoms with E-state index in [-0.39, 0.29) is 12.6 Å². The topological polar surface area (TPSA) is 46.3 Å². The standard InChI is InChI=1S/C11H12F2N2O/c12-10(13)11(16)15-6-8(14)5-7-3-1-2-4-9(7)15/h1-4,8,10H,5-6,14H2. The van der Waals surface area contributed by atoms with Crippen LogP contribution >= 0.6 is 0 Å². The number of carbonyl (C=O) groups is 1. The molecule has 0 aromatic heterocycles. The van der Waals surface area contributed by atoms with Crippen LogP contribution in [0.4, 0.5) is 14.5 Å². The van der Waals surface area contributed by atoms with Crippen molar-refractivity contribution >= 4 is 11.6 Å². The lowest BCUT2D eigenvalue weighted by Crippen LogP contribution is -2.48. The molecule has 0 aliphatic carbocycles. The lowest BCUT2D eigenvalue weighted by molar-refractivity contribution is -0.129. The second-order valence-corrected chi connectivity index (χ2v) is 3.84. The van der Waals surface area contributed by atoms with E-state index >= 15 is 0 Å². The maximum Gasteiger partial charge on any atom is 0.316 e. The lowest BCUT2D eigenvalue weighted by atomic mass is 9.98. The fourth-order valence-corrected chi connectivity index (χ4v) is 1.95. The van der Waals surface area contributed by atoms with Crippen LogP contribution in [0.2, 0.25) is 0 Å². The molecule has 0 spiro atoms. The molecule has 5 heteroatoms. The van der Waals surface area contributed by atoms with Gasteiger partial charge in [0.1, 0.15) is 0 Å². The molecule has 1 atom stereocenters. The van der Waals surface area contributed by atoms with E-state index in [1.54, 1.807) is 18.2 Å². The van der Waals surface area contributed by atoms with Crippen molar-refractivity contribution in [3.63, 3.8) is 0 Å². The average molecular weight is 226 g/mol. The summed E-state index contributed by atoms with van der Waals surface area (Å²) in [4.78, 5) is 12.4. The number of rotatable bonds is 1.